The highest BCUT2D eigenvalue weighted by Gasteiger charge is 2.32. The lowest BCUT2D eigenvalue weighted by Crippen LogP contribution is -2.45. The molecule has 124 valence electrons. The van der Waals surface area contributed by atoms with E-state index >= 15 is 0 Å². The second-order valence-corrected chi connectivity index (χ2v) is 7.30. The quantitative estimate of drug-likeness (QED) is 0.644. The minimum absolute atomic E-state index is 0.0599. The number of hydrogen-bond acceptors (Lipinski definition) is 3. The van der Waals surface area contributed by atoms with Gasteiger partial charge in [-0.1, -0.05) is 20.8 Å². The topological polar surface area (TPSA) is 75.3 Å². The van der Waals surface area contributed by atoms with Crippen LogP contribution in [0.5, 0.6) is 0 Å². The second kappa shape index (κ2) is 8.74. The van der Waals surface area contributed by atoms with E-state index in [4.69, 9.17) is 5.73 Å². The van der Waals surface area contributed by atoms with E-state index in [1.54, 1.807) is 0 Å². The molecule has 1 saturated carbocycles. The van der Waals surface area contributed by atoms with E-state index in [2.05, 4.69) is 26.1 Å². The molecule has 0 aromatic carbocycles. The molecule has 1 aliphatic carbocycles. The Balaban J connectivity index is 2.27. The van der Waals surface area contributed by atoms with Crippen LogP contribution in [0.1, 0.15) is 65.7 Å². The molecule has 4 N–H and O–H groups in total. The Morgan fingerprint density at radius 2 is 1.95 bits per heavy atom. The minimum Gasteiger partial charge on any atom is -0.388 e. The molecule has 0 aliphatic heterocycles. The van der Waals surface area contributed by atoms with Gasteiger partial charge in [-0.15, -0.1) is 0 Å². The zero-order valence-corrected chi connectivity index (χ0v) is 14.0. The van der Waals surface area contributed by atoms with Crippen molar-refractivity contribution in [2.24, 2.45) is 23.5 Å². The summed E-state index contributed by atoms with van der Waals surface area (Å²) in [6.45, 7) is 7.68. The molecule has 0 aromatic heterocycles. The number of rotatable bonds is 8. The van der Waals surface area contributed by atoms with E-state index in [-0.39, 0.29) is 5.91 Å². The van der Waals surface area contributed by atoms with Crippen molar-refractivity contribution < 1.29 is 9.90 Å². The van der Waals surface area contributed by atoms with E-state index < -0.39 is 5.60 Å². The maximum absolute atomic E-state index is 12.0. The lowest BCUT2D eigenvalue weighted by atomic mass is 9.79. The van der Waals surface area contributed by atoms with Crippen LogP contribution in [0.2, 0.25) is 0 Å². The molecule has 0 spiro atoms. The largest absolute Gasteiger partial charge is 0.388 e. The first-order valence-electron chi connectivity index (χ1n) is 8.55. The molecule has 1 rings (SSSR count). The maximum atomic E-state index is 12.0. The number of hydrogen-bond donors (Lipinski definition) is 3. The van der Waals surface area contributed by atoms with E-state index in [9.17, 15) is 9.90 Å². The van der Waals surface area contributed by atoms with Crippen LogP contribution >= 0.6 is 0 Å². The lowest BCUT2D eigenvalue weighted by Gasteiger charge is -2.35. The Bertz CT molecular complexity index is 310. The summed E-state index contributed by atoms with van der Waals surface area (Å²) in [5.74, 6) is 1.83. The Morgan fingerprint density at radius 3 is 2.48 bits per heavy atom. The van der Waals surface area contributed by atoms with Gasteiger partial charge in [-0.25, -0.2) is 0 Å². The van der Waals surface area contributed by atoms with Gasteiger partial charge >= 0.3 is 0 Å². The van der Waals surface area contributed by atoms with Crippen LogP contribution < -0.4 is 11.1 Å². The third-order valence-corrected chi connectivity index (χ3v) is 5.04. The van der Waals surface area contributed by atoms with Crippen LogP contribution in [0.25, 0.3) is 0 Å². The summed E-state index contributed by atoms with van der Waals surface area (Å²) in [7, 11) is 0. The van der Waals surface area contributed by atoms with Gasteiger partial charge in [0.25, 0.3) is 0 Å². The number of nitrogens with one attached hydrogen (secondary N) is 1. The normalized spacial score (nSPS) is 27.6. The molecule has 4 heteroatoms. The van der Waals surface area contributed by atoms with Crippen molar-refractivity contribution in [1.29, 1.82) is 0 Å². The molecule has 1 aliphatic rings. The van der Waals surface area contributed by atoms with Crippen LogP contribution in [0.4, 0.5) is 0 Å². The predicted molar refractivity (Wildman–Crippen MR) is 86.8 cm³/mol. The summed E-state index contributed by atoms with van der Waals surface area (Å²) in [6.07, 6.45) is 6.11. The average molecular weight is 298 g/mol. The highest BCUT2D eigenvalue weighted by molar-refractivity contribution is 5.75. The Morgan fingerprint density at radius 1 is 1.33 bits per heavy atom. The Hall–Kier alpha value is -0.610. The van der Waals surface area contributed by atoms with E-state index in [1.165, 1.54) is 0 Å². The van der Waals surface area contributed by atoms with Gasteiger partial charge in [0.05, 0.1) is 5.60 Å². The minimum atomic E-state index is -0.684. The third-order valence-electron chi connectivity index (χ3n) is 5.04. The molecule has 1 fully saturated rings. The molecule has 4 nitrogen and oxygen atoms in total. The lowest BCUT2D eigenvalue weighted by molar-refractivity contribution is -0.123. The molecule has 0 saturated heterocycles. The van der Waals surface area contributed by atoms with Crippen LogP contribution in [-0.2, 0) is 4.79 Å². The Labute approximate surface area is 129 Å². The van der Waals surface area contributed by atoms with Gasteiger partial charge in [0.15, 0.2) is 0 Å². The van der Waals surface area contributed by atoms with Crippen molar-refractivity contribution in [2.75, 3.05) is 13.1 Å². The zero-order valence-electron chi connectivity index (χ0n) is 14.0. The number of amides is 1. The van der Waals surface area contributed by atoms with Crippen molar-refractivity contribution in [3.05, 3.63) is 0 Å². The molecular weight excluding hydrogens is 264 g/mol. The van der Waals surface area contributed by atoms with Crippen molar-refractivity contribution in [2.45, 2.75) is 71.3 Å². The third kappa shape index (κ3) is 6.79. The van der Waals surface area contributed by atoms with Gasteiger partial charge in [-0.2, -0.15) is 0 Å². The molecule has 0 radical (unpaired) electrons. The zero-order chi connectivity index (χ0) is 15.9. The highest BCUT2D eigenvalue weighted by atomic mass is 16.3. The Kier molecular flexibility index (Phi) is 7.67. The van der Waals surface area contributed by atoms with E-state index in [0.29, 0.717) is 37.3 Å². The maximum Gasteiger partial charge on any atom is 0.220 e. The summed E-state index contributed by atoms with van der Waals surface area (Å²) < 4.78 is 0. The molecule has 0 bridgehead atoms. The smallest absolute Gasteiger partial charge is 0.220 e. The number of aliphatic hydroxyl groups is 1. The first kappa shape index (κ1) is 18.4. The molecule has 1 atom stereocenters. The molecule has 21 heavy (non-hydrogen) atoms. The van der Waals surface area contributed by atoms with Gasteiger partial charge in [-0.3, -0.25) is 4.79 Å². The van der Waals surface area contributed by atoms with Gasteiger partial charge in [0.2, 0.25) is 5.91 Å². The van der Waals surface area contributed by atoms with Gasteiger partial charge in [0, 0.05) is 13.0 Å². The monoisotopic (exact) mass is 298 g/mol. The second-order valence-electron chi connectivity index (χ2n) is 7.30. The number of nitrogens with two attached hydrogens (primary N) is 1. The molecule has 1 amide bonds. The van der Waals surface area contributed by atoms with E-state index in [1.807, 2.05) is 0 Å². The predicted octanol–water partition coefficient (Wildman–Crippen LogP) is 2.45. The average Bonchev–Trinajstić information content (AvgIpc) is 2.44. The summed E-state index contributed by atoms with van der Waals surface area (Å²) in [5, 5.41) is 13.4. The first-order chi connectivity index (χ1) is 9.86. The van der Waals surface area contributed by atoms with E-state index in [0.717, 1.165) is 38.5 Å². The fourth-order valence-corrected chi connectivity index (χ4v) is 3.17. The van der Waals surface area contributed by atoms with Crippen LogP contribution in [0.15, 0.2) is 0 Å². The summed E-state index contributed by atoms with van der Waals surface area (Å²) in [4.78, 5) is 12.0. The standard InChI is InChI=1S/C17H34N2O2/c1-13(2)15(8-11-18)4-5-16(20)19-12-17(21)9-6-14(3)7-10-17/h13-15,21H,4-12,18H2,1-3H3,(H,19,20). The number of carbonyl (C=O) groups is 1. The van der Waals surface area contributed by atoms with Crippen LogP contribution in [-0.4, -0.2) is 29.7 Å². The van der Waals surface area contributed by atoms with Crippen molar-refractivity contribution in [3.8, 4) is 0 Å². The number of carbonyl (C=O) groups excluding carboxylic acids is 1. The molecule has 0 heterocycles. The van der Waals surface area contributed by atoms with Gasteiger partial charge < -0.3 is 16.2 Å². The van der Waals surface area contributed by atoms with Crippen molar-refractivity contribution in [1.82, 2.24) is 5.32 Å². The fourth-order valence-electron chi connectivity index (χ4n) is 3.17. The highest BCUT2D eigenvalue weighted by Crippen LogP contribution is 2.31. The molecule has 1 unspecified atom stereocenters. The van der Waals surface area contributed by atoms with Crippen LogP contribution in [0.3, 0.4) is 0 Å². The van der Waals surface area contributed by atoms with Crippen LogP contribution in [0, 0.1) is 17.8 Å². The SMILES string of the molecule is CC1CCC(O)(CNC(=O)CCC(CCN)C(C)C)CC1. The summed E-state index contributed by atoms with van der Waals surface area (Å²) in [6, 6.07) is 0. The summed E-state index contributed by atoms with van der Waals surface area (Å²) >= 11 is 0. The summed E-state index contributed by atoms with van der Waals surface area (Å²) in [5.41, 5.74) is 4.94. The van der Waals surface area contributed by atoms with Crippen molar-refractivity contribution in [3.63, 3.8) is 0 Å². The fraction of sp³-hybridized carbons (Fsp3) is 0.941. The molecule has 0 aromatic rings. The van der Waals surface area contributed by atoms with Gasteiger partial charge in [0.1, 0.15) is 0 Å². The first-order valence-corrected chi connectivity index (χ1v) is 8.55. The van der Waals surface area contributed by atoms with Crippen molar-refractivity contribution >= 4 is 5.91 Å². The molecular formula is C17H34N2O2. The van der Waals surface area contributed by atoms with Gasteiger partial charge in [-0.05, 0) is 62.8 Å².